The normalized spacial score (nSPS) is 11.7. The van der Waals surface area contributed by atoms with Crippen LogP contribution in [0, 0.1) is 0 Å². The highest BCUT2D eigenvalue weighted by molar-refractivity contribution is 9.10. The smallest absolute Gasteiger partial charge is 0.251 e. The molecule has 3 aromatic rings. The van der Waals surface area contributed by atoms with Gasteiger partial charge in [-0.15, -0.1) is 16.8 Å². The molecule has 0 aliphatic heterocycles. The molecular weight excluding hydrogens is 500 g/mol. The first-order valence-electron chi connectivity index (χ1n) is 9.41. The second-order valence-electron chi connectivity index (χ2n) is 6.66. The third kappa shape index (κ3) is 6.06. The highest BCUT2D eigenvalue weighted by atomic mass is 79.9. The van der Waals surface area contributed by atoms with Crippen molar-refractivity contribution in [3.63, 3.8) is 0 Å². The molecule has 1 heterocycles. The maximum Gasteiger partial charge on any atom is 0.251 e. The molecule has 1 N–H and O–H groups in total. The van der Waals surface area contributed by atoms with E-state index in [9.17, 15) is 9.59 Å². The molecule has 2 aromatic carbocycles. The molecule has 0 unspecified atom stereocenters. The van der Waals surface area contributed by atoms with E-state index in [2.05, 4.69) is 38.0 Å². The standard InChI is InChI=1S/C22H20BrClN4O2S/c1-3-12-28-20(14(2)25-21(30)16-6-10-18(24)11-7-16)26-27-22(28)31-13-19(29)15-4-8-17(23)9-5-15/h3-11,14H,1,12-13H2,2H3,(H,25,30)/t14-/m0/s1. The molecule has 6 nitrogen and oxygen atoms in total. The number of nitrogens with zero attached hydrogens (tertiary/aromatic N) is 3. The average Bonchev–Trinajstić information content (AvgIpc) is 3.16. The van der Waals surface area contributed by atoms with E-state index >= 15 is 0 Å². The number of carbonyl (C=O) groups excluding carboxylic acids is 2. The maximum absolute atomic E-state index is 12.5. The summed E-state index contributed by atoms with van der Waals surface area (Å²) in [5.41, 5.74) is 1.13. The number of benzene rings is 2. The summed E-state index contributed by atoms with van der Waals surface area (Å²) in [4.78, 5) is 25.0. The molecule has 0 saturated carbocycles. The predicted octanol–water partition coefficient (Wildman–Crippen LogP) is 5.35. The summed E-state index contributed by atoms with van der Waals surface area (Å²) >= 11 is 10.6. The van der Waals surface area contributed by atoms with E-state index in [-0.39, 0.29) is 17.4 Å². The number of nitrogens with one attached hydrogen (secondary N) is 1. The van der Waals surface area contributed by atoms with Crippen molar-refractivity contribution in [2.24, 2.45) is 0 Å². The second-order valence-corrected chi connectivity index (χ2v) is 8.96. The van der Waals surface area contributed by atoms with Crippen LogP contribution in [0.4, 0.5) is 0 Å². The second kappa shape index (κ2) is 10.7. The van der Waals surface area contributed by atoms with Gasteiger partial charge in [0.05, 0.1) is 11.8 Å². The van der Waals surface area contributed by atoms with Crippen LogP contribution in [0.1, 0.15) is 39.5 Å². The van der Waals surface area contributed by atoms with Gasteiger partial charge in [-0.3, -0.25) is 9.59 Å². The van der Waals surface area contributed by atoms with Crippen molar-refractivity contribution in [3.05, 3.63) is 87.6 Å². The Bertz CT molecular complexity index is 1080. The molecule has 160 valence electrons. The molecule has 0 fully saturated rings. The first-order valence-corrected chi connectivity index (χ1v) is 11.6. The monoisotopic (exact) mass is 518 g/mol. The van der Waals surface area contributed by atoms with Crippen molar-refractivity contribution in [2.45, 2.75) is 24.7 Å². The lowest BCUT2D eigenvalue weighted by molar-refractivity contribution is 0.0937. The van der Waals surface area contributed by atoms with Gasteiger partial charge in [-0.05, 0) is 43.3 Å². The van der Waals surface area contributed by atoms with Crippen molar-refractivity contribution in [2.75, 3.05) is 5.75 Å². The number of carbonyl (C=O) groups is 2. The summed E-state index contributed by atoms with van der Waals surface area (Å²) in [7, 11) is 0. The Kier molecular flexibility index (Phi) is 8.06. The van der Waals surface area contributed by atoms with Gasteiger partial charge in [0.15, 0.2) is 16.8 Å². The minimum atomic E-state index is -0.396. The van der Waals surface area contributed by atoms with E-state index in [1.165, 1.54) is 11.8 Å². The molecule has 0 radical (unpaired) electrons. The Morgan fingerprint density at radius 3 is 2.45 bits per heavy atom. The minimum Gasteiger partial charge on any atom is -0.342 e. The van der Waals surface area contributed by atoms with Gasteiger partial charge in [0, 0.05) is 27.2 Å². The summed E-state index contributed by atoms with van der Waals surface area (Å²) in [6.45, 7) is 6.08. The zero-order valence-corrected chi connectivity index (χ0v) is 19.9. The fourth-order valence-electron chi connectivity index (χ4n) is 2.82. The summed E-state index contributed by atoms with van der Waals surface area (Å²) in [6.07, 6.45) is 1.72. The number of ketones is 1. The number of thioether (sulfide) groups is 1. The zero-order valence-electron chi connectivity index (χ0n) is 16.7. The first-order chi connectivity index (χ1) is 14.9. The molecule has 0 saturated heterocycles. The van der Waals surface area contributed by atoms with E-state index in [1.54, 1.807) is 42.5 Å². The molecule has 1 aromatic heterocycles. The Labute approximate surface area is 198 Å². The third-order valence-electron chi connectivity index (χ3n) is 4.40. The summed E-state index contributed by atoms with van der Waals surface area (Å²) in [5.74, 6) is 0.566. The lowest BCUT2D eigenvalue weighted by Crippen LogP contribution is -2.28. The number of halogens is 2. The van der Waals surface area contributed by atoms with Gasteiger partial charge in [-0.1, -0.05) is 57.5 Å². The van der Waals surface area contributed by atoms with Gasteiger partial charge >= 0.3 is 0 Å². The number of rotatable bonds is 9. The Morgan fingerprint density at radius 1 is 1.16 bits per heavy atom. The summed E-state index contributed by atoms with van der Waals surface area (Å²) in [6, 6.07) is 13.5. The summed E-state index contributed by atoms with van der Waals surface area (Å²) < 4.78 is 2.76. The Balaban J connectivity index is 1.70. The van der Waals surface area contributed by atoms with Crippen LogP contribution in [0.25, 0.3) is 0 Å². The van der Waals surface area contributed by atoms with Gasteiger partial charge in [-0.2, -0.15) is 0 Å². The molecule has 31 heavy (non-hydrogen) atoms. The van der Waals surface area contributed by atoms with Crippen LogP contribution in [-0.4, -0.2) is 32.2 Å². The predicted molar refractivity (Wildman–Crippen MR) is 127 cm³/mol. The van der Waals surface area contributed by atoms with Crippen LogP contribution in [0.2, 0.25) is 5.02 Å². The SMILES string of the molecule is C=CCn1c(SCC(=O)c2ccc(Br)cc2)nnc1[C@H](C)NC(=O)c1ccc(Cl)cc1. The van der Waals surface area contributed by atoms with E-state index in [0.717, 1.165) is 4.47 Å². The summed E-state index contributed by atoms with van der Waals surface area (Å²) in [5, 5.41) is 12.6. The van der Waals surface area contributed by atoms with E-state index in [1.807, 2.05) is 23.6 Å². The lowest BCUT2D eigenvalue weighted by Gasteiger charge is -2.15. The van der Waals surface area contributed by atoms with Crippen LogP contribution >= 0.6 is 39.3 Å². The minimum absolute atomic E-state index is 0.00343. The van der Waals surface area contributed by atoms with Crippen LogP contribution in [-0.2, 0) is 6.54 Å². The largest absolute Gasteiger partial charge is 0.342 e. The molecule has 3 rings (SSSR count). The van der Waals surface area contributed by atoms with Crippen LogP contribution < -0.4 is 5.32 Å². The number of amides is 1. The van der Waals surface area contributed by atoms with Crippen molar-refractivity contribution in [1.82, 2.24) is 20.1 Å². The van der Waals surface area contributed by atoms with Crippen LogP contribution in [0.5, 0.6) is 0 Å². The highest BCUT2D eigenvalue weighted by Gasteiger charge is 2.20. The number of hydrogen-bond acceptors (Lipinski definition) is 5. The fraction of sp³-hybridized carbons (Fsp3) is 0.182. The first kappa shape index (κ1) is 23.2. The van der Waals surface area contributed by atoms with Gasteiger partial charge in [0.1, 0.15) is 0 Å². The van der Waals surface area contributed by atoms with Crippen LogP contribution in [0.3, 0.4) is 0 Å². The molecule has 0 spiro atoms. The third-order valence-corrected chi connectivity index (χ3v) is 6.14. The van der Waals surface area contributed by atoms with Gasteiger partial charge in [-0.25, -0.2) is 0 Å². The van der Waals surface area contributed by atoms with Crippen molar-refractivity contribution >= 4 is 51.0 Å². The van der Waals surface area contributed by atoms with Gasteiger partial charge in [0.25, 0.3) is 5.91 Å². The number of Topliss-reactive ketones (excluding diaryl/α,β-unsaturated/α-hetero) is 1. The van der Waals surface area contributed by atoms with E-state index in [0.29, 0.717) is 33.7 Å². The van der Waals surface area contributed by atoms with Crippen LogP contribution in [0.15, 0.2) is 70.8 Å². The molecule has 0 aliphatic carbocycles. The fourth-order valence-corrected chi connectivity index (χ4v) is 4.06. The van der Waals surface area contributed by atoms with E-state index in [4.69, 9.17) is 11.6 Å². The Morgan fingerprint density at radius 2 is 1.81 bits per heavy atom. The molecule has 0 aliphatic rings. The topological polar surface area (TPSA) is 76.9 Å². The molecule has 0 bridgehead atoms. The van der Waals surface area contributed by atoms with Gasteiger partial charge in [0.2, 0.25) is 0 Å². The molecule has 1 atom stereocenters. The number of allylic oxidation sites excluding steroid dienone is 1. The van der Waals surface area contributed by atoms with Gasteiger partial charge < -0.3 is 9.88 Å². The highest BCUT2D eigenvalue weighted by Crippen LogP contribution is 2.23. The lowest BCUT2D eigenvalue weighted by atomic mass is 10.2. The molecule has 1 amide bonds. The zero-order chi connectivity index (χ0) is 22.4. The quantitative estimate of drug-likeness (QED) is 0.234. The van der Waals surface area contributed by atoms with Crippen molar-refractivity contribution in [3.8, 4) is 0 Å². The number of hydrogen-bond donors (Lipinski definition) is 1. The van der Waals surface area contributed by atoms with Crippen molar-refractivity contribution in [1.29, 1.82) is 0 Å². The molecular formula is C22H20BrClN4O2S. The van der Waals surface area contributed by atoms with E-state index < -0.39 is 6.04 Å². The Hall–Kier alpha value is -2.42. The van der Waals surface area contributed by atoms with Crippen molar-refractivity contribution < 1.29 is 9.59 Å². The average molecular weight is 520 g/mol. The maximum atomic E-state index is 12.5. The molecule has 9 heteroatoms. The number of aromatic nitrogens is 3.